The lowest BCUT2D eigenvalue weighted by Gasteiger charge is -2.22. The molecule has 4 nitrogen and oxygen atoms in total. The van der Waals surface area contributed by atoms with Gasteiger partial charge in [0.05, 0.1) is 19.2 Å². The SMILES string of the molecule is CO/C=C(\Oc1cc(C2CCCCC2)ccc1Cl)C(=O)OC. The van der Waals surface area contributed by atoms with E-state index in [9.17, 15) is 4.79 Å². The molecule has 2 rings (SSSR count). The Labute approximate surface area is 136 Å². The molecule has 1 saturated carbocycles. The molecule has 120 valence electrons. The summed E-state index contributed by atoms with van der Waals surface area (Å²) in [6.45, 7) is 0. The first-order valence-electron chi connectivity index (χ1n) is 7.44. The molecular formula is C17H21ClO4. The minimum absolute atomic E-state index is 0.0345. The number of esters is 1. The number of benzene rings is 1. The van der Waals surface area contributed by atoms with Crippen LogP contribution < -0.4 is 4.74 Å². The molecule has 0 unspecified atom stereocenters. The summed E-state index contributed by atoms with van der Waals surface area (Å²) in [6.07, 6.45) is 7.37. The van der Waals surface area contributed by atoms with Gasteiger partial charge in [0.15, 0.2) is 0 Å². The van der Waals surface area contributed by atoms with Crippen molar-refractivity contribution in [3.63, 3.8) is 0 Å². The van der Waals surface area contributed by atoms with Crippen LogP contribution in [0, 0.1) is 0 Å². The van der Waals surface area contributed by atoms with Crippen LogP contribution in [0.25, 0.3) is 0 Å². The summed E-state index contributed by atoms with van der Waals surface area (Å²) >= 11 is 6.18. The molecule has 1 aliphatic rings. The van der Waals surface area contributed by atoms with Crippen LogP contribution >= 0.6 is 11.6 Å². The summed E-state index contributed by atoms with van der Waals surface area (Å²) in [5.41, 5.74) is 1.20. The number of halogens is 1. The second-order valence-electron chi connectivity index (χ2n) is 5.34. The predicted octanol–water partition coefficient (Wildman–Crippen LogP) is 4.43. The van der Waals surface area contributed by atoms with Crippen LogP contribution in [-0.2, 0) is 14.3 Å². The van der Waals surface area contributed by atoms with Gasteiger partial charge in [-0.25, -0.2) is 4.79 Å². The highest BCUT2D eigenvalue weighted by Crippen LogP contribution is 2.36. The molecule has 22 heavy (non-hydrogen) atoms. The largest absolute Gasteiger partial charge is 0.500 e. The molecule has 0 N–H and O–H groups in total. The van der Waals surface area contributed by atoms with Gasteiger partial charge in [0, 0.05) is 0 Å². The van der Waals surface area contributed by atoms with Crippen LogP contribution in [-0.4, -0.2) is 20.2 Å². The van der Waals surface area contributed by atoms with Gasteiger partial charge in [-0.1, -0.05) is 36.9 Å². The number of ether oxygens (including phenoxy) is 3. The molecule has 0 saturated heterocycles. The van der Waals surface area contributed by atoms with Crippen molar-refractivity contribution in [3.05, 3.63) is 40.8 Å². The van der Waals surface area contributed by atoms with Crippen molar-refractivity contribution < 1.29 is 19.0 Å². The Kier molecular flexibility index (Phi) is 6.13. The molecular weight excluding hydrogens is 304 g/mol. The van der Waals surface area contributed by atoms with E-state index in [0.717, 1.165) is 0 Å². The lowest BCUT2D eigenvalue weighted by Crippen LogP contribution is -2.12. The van der Waals surface area contributed by atoms with E-state index in [1.807, 2.05) is 18.2 Å². The van der Waals surface area contributed by atoms with Crippen molar-refractivity contribution in [1.29, 1.82) is 0 Å². The first-order valence-corrected chi connectivity index (χ1v) is 7.82. The van der Waals surface area contributed by atoms with E-state index in [0.29, 0.717) is 16.7 Å². The monoisotopic (exact) mass is 324 g/mol. The Morgan fingerprint density at radius 3 is 2.59 bits per heavy atom. The molecule has 0 amide bonds. The van der Waals surface area contributed by atoms with Crippen LogP contribution in [0.5, 0.6) is 5.75 Å². The molecule has 0 atom stereocenters. The smallest absolute Gasteiger partial charge is 0.377 e. The Bertz CT molecular complexity index is 548. The molecule has 0 aliphatic heterocycles. The molecule has 1 aromatic rings. The summed E-state index contributed by atoms with van der Waals surface area (Å²) in [5.74, 6) is 0.327. The van der Waals surface area contributed by atoms with Crippen molar-refractivity contribution in [2.75, 3.05) is 14.2 Å². The number of hydrogen-bond acceptors (Lipinski definition) is 4. The number of rotatable bonds is 5. The van der Waals surface area contributed by atoms with Crippen molar-refractivity contribution >= 4 is 17.6 Å². The first-order chi connectivity index (χ1) is 10.7. The van der Waals surface area contributed by atoms with E-state index in [-0.39, 0.29) is 5.76 Å². The Morgan fingerprint density at radius 2 is 1.95 bits per heavy atom. The lowest BCUT2D eigenvalue weighted by molar-refractivity contribution is -0.138. The average Bonchev–Trinajstić information content (AvgIpc) is 2.56. The van der Waals surface area contributed by atoms with Crippen molar-refractivity contribution in [2.24, 2.45) is 0 Å². The van der Waals surface area contributed by atoms with E-state index >= 15 is 0 Å². The molecule has 0 bridgehead atoms. The summed E-state index contributed by atoms with van der Waals surface area (Å²) < 4.78 is 15.1. The fraction of sp³-hybridized carbons (Fsp3) is 0.471. The number of hydrogen-bond donors (Lipinski definition) is 0. The maximum atomic E-state index is 11.7. The van der Waals surface area contributed by atoms with Gasteiger partial charge < -0.3 is 14.2 Å². The minimum Gasteiger partial charge on any atom is -0.500 e. The molecule has 0 radical (unpaired) electrons. The van der Waals surface area contributed by atoms with Crippen LogP contribution in [0.15, 0.2) is 30.2 Å². The molecule has 1 aliphatic carbocycles. The van der Waals surface area contributed by atoms with E-state index in [1.165, 1.54) is 58.1 Å². The van der Waals surface area contributed by atoms with Crippen LogP contribution in [0.2, 0.25) is 5.02 Å². The third-order valence-corrected chi connectivity index (χ3v) is 4.18. The van der Waals surface area contributed by atoms with Gasteiger partial charge in [0.1, 0.15) is 12.0 Å². The van der Waals surface area contributed by atoms with Crippen molar-refractivity contribution in [2.45, 2.75) is 38.0 Å². The normalized spacial score (nSPS) is 16.2. The molecule has 1 fully saturated rings. The van der Waals surface area contributed by atoms with E-state index in [4.69, 9.17) is 21.1 Å². The van der Waals surface area contributed by atoms with Gasteiger partial charge >= 0.3 is 5.97 Å². The third kappa shape index (κ3) is 4.17. The third-order valence-electron chi connectivity index (χ3n) is 3.86. The number of methoxy groups -OCH3 is 2. The second kappa shape index (κ2) is 8.08. The fourth-order valence-electron chi connectivity index (χ4n) is 2.73. The summed E-state index contributed by atoms with van der Waals surface area (Å²) in [5, 5.41) is 0.450. The molecule has 5 heteroatoms. The zero-order valence-corrected chi connectivity index (χ0v) is 13.7. The zero-order chi connectivity index (χ0) is 15.9. The highest BCUT2D eigenvalue weighted by Gasteiger charge is 2.19. The lowest BCUT2D eigenvalue weighted by atomic mass is 9.84. The van der Waals surface area contributed by atoms with Gasteiger partial charge in [0.2, 0.25) is 5.76 Å². The Morgan fingerprint density at radius 1 is 1.23 bits per heavy atom. The molecule has 0 spiro atoms. The summed E-state index contributed by atoms with van der Waals surface area (Å²) in [7, 11) is 2.72. The second-order valence-corrected chi connectivity index (χ2v) is 5.74. The summed E-state index contributed by atoms with van der Waals surface area (Å²) in [4.78, 5) is 11.7. The highest BCUT2D eigenvalue weighted by atomic mass is 35.5. The van der Waals surface area contributed by atoms with Gasteiger partial charge in [-0.2, -0.15) is 0 Å². The van der Waals surface area contributed by atoms with E-state index in [2.05, 4.69) is 4.74 Å². The standard InChI is InChI=1S/C17H21ClO4/c1-20-11-16(17(19)21-2)22-15-10-13(8-9-14(15)18)12-6-4-3-5-7-12/h8-12H,3-7H2,1-2H3/b16-11-. The molecule has 1 aromatic carbocycles. The average molecular weight is 325 g/mol. The molecule has 0 heterocycles. The van der Waals surface area contributed by atoms with Crippen molar-refractivity contribution in [3.8, 4) is 5.75 Å². The molecule has 0 aromatic heterocycles. The first kappa shape index (κ1) is 16.7. The number of carbonyl (C=O) groups is 1. The van der Waals surface area contributed by atoms with Gasteiger partial charge in [0.25, 0.3) is 0 Å². The van der Waals surface area contributed by atoms with Gasteiger partial charge in [-0.15, -0.1) is 0 Å². The van der Waals surface area contributed by atoms with E-state index in [1.54, 1.807) is 0 Å². The number of carbonyl (C=O) groups excluding carboxylic acids is 1. The quantitative estimate of drug-likeness (QED) is 0.456. The van der Waals surface area contributed by atoms with Crippen LogP contribution in [0.1, 0.15) is 43.6 Å². The maximum absolute atomic E-state index is 11.7. The summed E-state index contributed by atoms with van der Waals surface area (Å²) in [6, 6.07) is 5.75. The van der Waals surface area contributed by atoms with Gasteiger partial charge in [-0.05, 0) is 36.5 Å². The van der Waals surface area contributed by atoms with Crippen LogP contribution in [0.3, 0.4) is 0 Å². The zero-order valence-electron chi connectivity index (χ0n) is 12.9. The maximum Gasteiger partial charge on any atom is 0.377 e. The minimum atomic E-state index is -0.610. The fourth-order valence-corrected chi connectivity index (χ4v) is 2.88. The highest BCUT2D eigenvalue weighted by molar-refractivity contribution is 6.32. The Hall–Kier alpha value is -1.68. The van der Waals surface area contributed by atoms with Crippen LogP contribution in [0.4, 0.5) is 0 Å². The van der Waals surface area contributed by atoms with E-state index < -0.39 is 5.97 Å². The van der Waals surface area contributed by atoms with Gasteiger partial charge in [-0.3, -0.25) is 0 Å². The predicted molar refractivity (Wildman–Crippen MR) is 85.0 cm³/mol. The van der Waals surface area contributed by atoms with Crippen molar-refractivity contribution in [1.82, 2.24) is 0 Å². The Balaban J connectivity index is 2.22. The topological polar surface area (TPSA) is 44.8 Å².